The number of anilines is 1. The van der Waals surface area contributed by atoms with E-state index in [0.29, 0.717) is 37.6 Å². The van der Waals surface area contributed by atoms with Gasteiger partial charge in [0.25, 0.3) is 0 Å². The summed E-state index contributed by atoms with van der Waals surface area (Å²) in [6.07, 6.45) is 1.83. The van der Waals surface area contributed by atoms with Gasteiger partial charge in [-0.3, -0.25) is 4.79 Å². The topological polar surface area (TPSA) is 103 Å². The quantitative estimate of drug-likeness (QED) is 0.477. The van der Waals surface area contributed by atoms with Crippen molar-refractivity contribution in [1.82, 2.24) is 14.6 Å². The summed E-state index contributed by atoms with van der Waals surface area (Å²) in [5.41, 5.74) is -0.180. The van der Waals surface area contributed by atoms with E-state index < -0.39 is 10.3 Å². The summed E-state index contributed by atoms with van der Waals surface area (Å²) in [5.74, 6) is 0.165. The van der Waals surface area contributed by atoms with Crippen LogP contribution < -0.4 is 4.90 Å². The molecule has 3 heterocycles. The summed E-state index contributed by atoms with van der Waals surface area (Å²) in [4.78, 5) is 28.4. The van der Waals surface area contributed by atoms with Gasteiger partial charge in [-0.25, -0.2) is 4.98 Å². The Kier molecular flexibility index (Phi) is 3.63. The van der Waals surface area contributed by atoms with Gasteiger partial charge >= 0.3 is 11.8 Å². The van der Waals surface area contributed by atoms with Gasteiger partial charge in [0.05, 0.1) is 12.0 Å². The van der Waals surface area contributed by atoms with Crippen molar-refractivity contribution in [2.24, 2.45) is 5.41 Å². The summed E-state index contributed by atoms with van der Waals surface area (Å²) in [7, 11) is 0. The lowest BCUT2D eigenvalue weighted by molar-refractivity contribution is -0.391. The number of fused-ring (bicyclic) bond motifs is 1. The molecule has 3 rings (SSSR count). The number of hydrogen-bond acceptors (Lipinski definition) is 7. The van der Waals surface area contributed by atoms with Gasteiger partial charge in [-0.2, -0.15) is 0 Å². The fraction of sp³-hybridized carbons (Fsp3) is 0.500. The fourth-order valence-electron chi connectivity index (χ4n) is 2.77. The molecular formula is C14H17N5O4. The maximum Gasteiger partial charge on any atom is 0.368 e. The monoisotopic (exact) mass is 319 g/mol. The lowest BCUT2D eigenvalue weighted by Crippen LogP contribution is -2.33. The molecule has 1 unspecified atom stereocenters. The first-order valence-corrected chi connectivity index (χ1v) is 7.36. The number of esters is 1. The maximum absolute atomic E-state index is 12.1. The first-order valence-electron chi connectivity index (χ1n) is 7.36. The number of nitrogens with zero attached hydrogens (tertiary/aromatic N) is 5. The van der Waals surface area contributed by atoms with E-state index in [1.54, 1.807) is 19.1 Å². The Hall–Kier alpha value is -2.71. The number of hydrogen-bond donors (Lipinski definition) is 0. The lowest BCUT2D eigenvalue weighted by Gasteiger charge is -2.22. The number of aromatic nitrogens is 3. The van der Waals surface area contributed by atoms with Crippen LogP contribution in [0.2, 0.25) is 0 Å². The zero-order valence-electron chi connectivity index (χ0n) is 12.9. The summed E-state index contributed by atoms with van der Waals surface area (Å²) in [6.45, 7) is 5.09. The standard InChI is InChI=1S/C14H17N5O4/c1-3-23-13(20)14(2)6-7-17(9-14)11-5-4-10-15-8-12(19(21)22)18(10)16-11/h4-5,8H,3,6-7,9H2,1-2H3. The van der Waals surface area contributed by atoms with Gasteiger partial charge < -0.3 is 19.8 Å². The molecule has 1 atom stereocenters. The minimum Gasteiger partial charge on any atom is -0.466 e. The van der Waals surface area contributed by atoms with Crippen LogP contribution in [0, 0.1) is 15.5 Å². The second-order valence-electron chi connectivity index (χ2n) is 5.79. The number of imidazole rings is 1. The zero-order valence-corrected chi connectivity index (χ0v) is 12.9. The van der Waals surface area contributed by atoms with Crippen molar-refractivity contribution < 1.29 is 14.5 Å². The number of carbonyl (C=O) groups is 1. The third kappa shape index (κ3) is 2.58. The Morgan fingerprint density at radius 2 is 2.30 bits per heavy atom. The van der Waals surface area contributed by atoms with Gasteiger partial charge in [0, 0.05) is 19.2 Å². The molecule has 2 aromatic rings. The molecule has 9 heteroatoms. The molecule has 1 aliphatic heterocycles. The molecule has 23 heavy (non-hydrogen) atoms. The van der Waals surface area contributed by atoms with Crippen molar-refractivity contribution in [1.29, 1.82) is 0 Å². The van der Waals surface area contributed by atoms with E-state index in [9.17, 15) is 14.9 Å². The van der Waals surface area contributed by atoms with Crippen molar-refractivity contribution in [2.45, 2.75) is 20.3 Å². The lowest BCUT2D eigenvalue weighted by atomic mass is 9.90. The number of rotatable bonds is 4. The molecule has 0 aliphatic carbocycles. The summed E-state index contributed by atoms with van der Waals surface area (Å²) < 4.78 is 6.33. The predicted octanol–water partition coefficient (Wildman–Crippen LogP) is 1.42. The van der Waals surface area contributed by atoms with Gasteiger partial charge in [0.2, 0.25) is 5.65 Å². The Morgan fingerprint density at radius 3 is 3.00 bits per heavy atom. The summed E-state index contributed by atoms with van der Waals surface area (Å²) in [6, 6.07) is 3.43. The highest BCUT2D eigenvalue weighted by molar-refractivity contribution is 5.78. The molecule has 122 valence electrons. The Labute approximate surface area is 132 Å². The molecule has 1 fully saturated rings. The normalized spacial score (nSPS) is 20.9. The Morgan fingerprint density at radius 1 is 1.52 bits per heavy atom. The van der Waals surface area contributed by atoms with Crippen LogP contribution in [0.25, 0.3) is 5.65 Å². The molecule has 2 aromatic heterocycles. The summed E-state index contributed by atoms with van der Waals surface area (Å²) >= 11 is 0. The molecule has 1 aliphatic rings. The highest BCUT2D eigenvalue weighted by Gasteiger charge is 2.42. The molecular weight excluding hydrogens is 302 g/mol. The predicted molar refractivity (Wildman–Crippen MR) is 81.2 cm³/mol. The van der Waals surface area contributed by atoms with Crippen LogP contribution in [0.15, 0.2) is 18.3 Å². The van der Waals surface area contributed by atoms with E-state index in [4.69, 9.17) is 4.74 Å². The average Bonchev–Trinajstić information content (AvgIpc) is 3.11. The molecule has 0 N–H and O–H groups in total. The molecule has 1 saturated heterocycles. The number of carbonyl (C=O) groups excluding carboxylic acids is 1. The number of ether oxygens (including phenoxy) is 1. The second kappa shape index (κ2) is 5.49. The van der Waals surface area contributed by atoms with Gasteiger partial charge in [0.1, 0.15) is 6.20 Å². The van der Waals surface area contributed by atoms with Crippen LogP contribution in [0.1, 0.15) is 20.3 Å². The van der Waals surface area contributed by atoms with E-state index >= 15 is 0 Å². The van der Waals surface area contributed by atoms with E-state index in [0.717, 1.165) is 0 Å². The molecule has 0 amide bonds. The minimum absolute atomic E-state index is 0.186. The van der Waals surface area contributed by atoms with Crippen LogP contribution in [0.3, 0.4) is 0 Å². The van der Waals surface area contributed by atoms with Gasteiger partial charge in [-0.1, -0.05) is 9.61 Å². The highest BCUT2D eigenvalue weighted by atomic mass is 16.6. The molecule has 0 aromatic carbocycles. The smallest absolute Gasteiger partial charge is 0.368 e. The van der Waals surface area contributed by atoms with Crippen LogP contribution >= 0.6 is 0 Å². The van der Waals surface area contributed by atoms with Crippen molar-refractivity contribution in [3.8, 4) is 0 Å². The Balaban J connectivity index is 1.88. The van der Waals surface area contributed by atoms with Crippen molar-refractivity contribution in [3.05, 3.63) is 28.4 Å². The highest BCUT2D eigenvalue weighted by Crippen LogP contribution is 2.33. The van der Waals surface area contributed by atoms with Gasteiger partial charge in [-0.15, -0.1) is 0 Å². The molecule has 0 bridgehead atoms. The van der Waals surface area contributed by atoms with Crippen LogP contribution in [0.4, 0.5) is 11.6 Å². The van der Waals surface area contributed by atoms with Crippen LogP contribution in [0.5, 0.6) is 0 Å². The molecule has 9 nitrogen and oxygen atoms in total. The largest absolute Gasteiger partial charge is 0.466 e. The average molecular weight is 319 g/mol. The third-order valence-corrected chi connectivity index (χ3v) is 4.08. The van der Waals surface area contributed by atoms with E-state index in [-0.39, 0.29) is 11.8 Å². The molecule has 0 radical (unpaired) electrons. The first kappa shape index (κ1) is 15.2. The van der Waals surface area contributed by atoms with E-state index in [1.807, 2.05) is 11.8 Å². The fourth-order valence-corrected chi connectivity index (χ4v) is 2.77. The van der Waals surface area contributed by atoms with Crippen LogP contribution in [-0.4, -0.2) is 45.2 Å². The molecule has 0 saturated carbocycles. The van der Waals surface area contributed by atoms with E-state index in [1.165, 1.54) is 10.7 Å². The van der Waals surface area contributed by atoms with Crippen LogP contribution in [-0.2, 0) is 9.53 Å². The SMILES string of the molecule is CCOC(=O)C1(C)CCN(c2ccc3ncc([N+](=O)[O-])n3n2)C1. The van der Waals surface area contributed by atoms with Crippen molar-refractivity contribution in [3.63, 3.8) is 0 Å². The third-order valence-electron chi connectivity index (χ3n) is 4.08. The van der Waals surface area contributed by atoms with Crippen molar-refractivity contribution in [2.75, 3.05) is 24.6 Å². The zero-order chi connectivity index (χ0) is 16.6. The minimum atomic E-state index is -0.590. The Bertz CT molecular complexity index is 774. The first-order chi connectivity index (χ1) is 10.9. The second-order valence-corrected chi connectivity index (χ2v) is 5.79. The summed E-state index contributed by atoms with van der Waals surface area (Å²) in [5, 5.41) is 15.3. The molecule has 0 spiro atoms. The van der Waals surface area contributed by atoms with Gasteiger partial charge in [-0.05, 0) is 31.3 Å². The van der Waals surface area contributed by atoms with E-state index in [2.05, 4.69) is 10.1 Å². The maximum atomic E-state index is 12.1. The van der Waals surface area contributed by atoms with Gasteiger partial charge in [0.15, 0.2) is 5.82 Å². The van der Waals surface area contributed by atoms with Crippen molar-refractivity contribution >= 4 is 23.3 Å². The number of nitro groups is 1.